The predicted molar refractivity (Wildman–Crippen MR) is 66.8 cm³/mol. The molecule has 0 atom stereocenters. The molecule has 0 saturated heterocycles. The molecule has 7 heteroatoms. The summed E-state index contributed by atoms with van der Waals surface area (Å²) in [5, 5.41) is 13.6. The van der Waals surface area contributed by atoms with Gasteiger partial charge >= 0.3 is 0 Å². The van der Waals surface area contributed by atoms with E-state index in [9.17, 15) is 4.79 Å². The van der Waals surface area contributed by atoms with Crippen molar-refractivity contribution in [2.45, 2.75) is 6.92 Å². The van der Waals surface area contributed by atoms with Crippen LogP contribution in [0.25, 0.3) is 22.6 Å². The van der Waals surface area contributed by atoms with Crippen molar-refractivity contribution in [1.82, 2.24) is 20.6 Å². The first-order chi connectivity index (χ1) is 9.29. The molecule has 7 nitrogen and oxygen atoms in total. The van der Waals surface area contributed by atoms with E-state index in [1.807, 2.05) is 6.92 Å². The average Bonchev–Trinajstić information content (AvgIpc) is 2.92. The Kier molecular flexibility index (Phi) is 2.71. The molecule has 0 bridgehead atoms. The van der Waals surface area contributed by atoms with Crippen LogP contribution in [0.2, 0.25) is 0 Å². The third-order valence-electron chi connectivity index (χ3n) is 2.60. The first-order valence-electron chi connectivity index (χ1n) is 5.73. The summed E-state index contributed by atoms with van der Waals surface area (Å²) >= 11 is 0. The van der Waals surface area contributed by atoms with Crippen molar-refractivity contribution in [3.05, 3.63) is 34.5 Å². The lowest BCUT2D eigenvalue weighted by molar-refractivity contribution is 0.343. The summed E-state index contributed by atoms with van der Waals surface area (Å²) in [6.45, 7) is 2.33. The van der Waals surface area contributed by atoms with Gasteiger partial charge in [-0.2, -0.15) is 0 Å². The molecule has 1 aromatic carbocycles. The van der Waals surface area contributed by atoms with Crippen LogP contribution >= 0.6 is 0 Å². The lowest BCUT2D eigenvalue weighted by Gasteiger charge is -2.06. The van der Waals surface area contributed by atoms with Gasteiger partial charge in [-0.15, -0.1) is 5.10 Å². The number of nitrogens with one attached hydrogen (secondary N) is 1. The number of benzene rings is 1. The second-order valence-corrected chi connectivity index (χ2v) is 3.79. The van der Waals surface area contributed by atoms with Crippen LogP contribution in [0.1, 0.15) is 6.92 Å². The van der Waals surface area contributed by atoms with Crippen LogP contribution in [0.5, 0.6) is 5.75 Å². The van der Waals surface area contributed by atoms with Gasteiger partial charge < -0.3 is 9.15 Å². The normalized spacial score (nSPS) is 10.8. The molecule has 1 N–H and O–H groups in total. The number of H-pyrrole nitrogens is 1. The minimum Gasteiger partial charge on any atom is -0.493 e. The zero-order valence-corrected chi connectivity index (χ0v) is 10.1. The largest absolute Gasteiger partial charge is 0.493 e. The summed E-state index contributed by atoms with van der Waals surface area (Å²) < 4.78 is 11.0. The Hall–Kier alpha value is -2.70. The number of hydrogen-bond acceptors (Lipinski definition) is 6. The van der Waals surface area contributed by atoms with Crippen LogP contribution in [0.3, 0.4) is 0 Å². The Morgan fingerprint density at radius 1 is 1.42 bits per heavy atom. The lowest BCUT2D eigenvalue weighted by atomic mass is 10.2. The van der Waals surface area contributed by atoms with Crippen LogP contribution in [0.15, 0.2) is 33.5 Å². The second-order valence-electron chi connectivity index (χ2n) is 3.79. The van der Waals surface area contributed by atoms with Crippen LogP contribution in [-0.2, 0) is 0 Å². The number of fused-ring (bicyclic) bond motifs is 1. The number of nitrogens with zero attached hydrogens (tertiary/aromatic N) is 3. The molecular weight excluding hydrogens is 248 g/mol. The maximum absolute atomic E-state index is 12.2. The molecule has 0 amide bonds. The van der Waals surface area contributed by atoms with Crippen LogP contribution in [0, 0.1) is 0 Å². The van der Waals surface area contributed by atoms with E-state index in [1.54, 1.807) is 18.2 Å². The van der Waals surface area contributed by atoms with Crippen molar-refractivity contribution < 1.29 is 9.15 Å². The first-order valence-corrected chi connectivity index (χ1v) is 5.73. The summed E-state index contributed by atoms with van der Waals surface area (Å²) in [4.78, 5) is 12.2. The molecule has 96 valence electrons. The number of ether oxygens (including phenoxy) is 1. The van der Waals surface area contributed by atoms with Gasteiger partial charge in [0.1, 0.15) is 16.7 Å². The molecule has 0 aliphatic heterocycles. The Morgan fingerprint density at radius 3 is 3.05 bits per heavy atom. The van der Waals surface area contributed by atoms with Gasteiger partial charge in [-0.05, 0) is 29.5 Å². The maximum Gasteiger partial charge on any atom is 0.215 e. The van der Waals surface area contributed by atoms with Gasteiger partial charge in [0.25, 0.3) is 0 Å². The van der Waals surface area contributed by atoms with E-state index in [2.05, 4.69) is 20.6 Å². The summed E-state index contributed by atoms with van der Waals surface area (Å²) in [5.74, 6) is 1.10. The van der Waals surface area contributed by atoms with Crippen LogP contribution in [0.4, 0.5) is 0 Å². The number of hydrogen-bond donors (Lipinski definition) is 1. The third kappa shape index (κ3) is 1.95. The van der Waals surface area contributed by atoms with Crippen molar-refractivity contribution >= 4 is 11.0 Å². The van der Waals surface area contributed by atoms with Gasteiger partial charge in [-0.25, -0.2) is 5.10 Å². The highest BCUT2D eigenvalue weighted by molar-refractivity contribution is 5.84. The van der Waals surface area contributed by atoms with Gasteiger partial charge in [-0.1, -0.05) is 6.07 Å². The third-order valence-corrected chi connectivity index (χ3v) is 2.60. The number of tetrazole rings is 1. The topological polar surface area (TPSA) is 93.9 Å². The SMILES string of the molecule is CCOc1cccc2oc(-c3nnn[nH]3)cc(=O)c12. The molecule has 19 heavy (non-hydrogen) atoms. The zero-order valence-electron chi connectivity index (χ0n) is 10.1. The van der Waals surface area contributed by atoms with E-state index in [0.717, 1.165) is 0 Å². The quantitative estimate of drug-likeness (QED) is 0.762. The van der Waals surface area contributed by atoms with E-state index < -0.39 is 0 Å². The molecular formula is C12H10N4O3. The molecule has 0 unspecified atom stereocenters. The standard InChI is InChI=1S/C12H10N4O3/c1-2-18-8-4-3-5-9-11(8)7(17)6-10(19-9)12-13-15-16-14-12/h3-6H,2H2,1H3,(H,13,14,15,16). The predicted octanol–water partition coefficient (Wildman–Crippen LogP) is 1.37. The number of aromatic amines is 1. The molecule has 3 rings (SSSR count). The van der Waals surface area contributed by atoms with Gasteiger partial charge in [-0.3, -0.25) is 4.79 Å². The Balaban J connectivity index is 2.26. The highest BCUT2D eigenvalue weighted by Crippen LogP contribution is 2.25. The Labute approximate surface area is 107 Å². The van der Waals surface area contributed by atoms with E-state index in [0.29, 0.717) is 29.2 Å². The van der Waals surface area contributed by atoms with E-state index >= 15 is 0 Å². The molecule has 2 heterocycles. The van der Waals surface area contributed by atoms with Crippen molar-refractivity contribution in [2.75, 3.05) is 6.61 Å². The smallest absolute Gasteiger partial charge is 0.215 e. The minimum absolute atomic E-state index is 0.197. The van der Waals surface area contributed by atoms with Gasteiger partial charge in [0.05, 0.1) is 6.61 Å². The van der Waals surface area contributed by atoms with Gasteiger partial charge in [0.15, 0.2) is 11.2 Å². The van der Waals surface area contributed by atoms with Crippen molar-refractivity contribution in [2.24, 2.45) is 0 Å². The van der Waals surface area contributed by atoms with Gasteiger partial charge in [0, 0.05) is 6.07 Å². The van der Waals surface area contributed by atoms with Crippen molar-refractivity contribution in [3.63, 3.8) is 0 Å². The fourth-order valence-electron chi connectivity index (χ4n) is 1.83. The molecule has 0 aliphatic rings. The summed E-state index contributed by atoms with van der Waals surface area (Å²) in [7, 11) is 0. The molecule has 0 aliphatic carbocycles. The van der Waals surface area contributed by atoms with E-state index in [1.165, 1.54) is 6.07 Å². The molecule has 3 aromatic rings. The van der Waals surface area contributed by atoms with E-state index in [-0.39, 0.29) is 11.2 Å². The summed E-state index contributed by atoms with van der Waals surface area (Å²) in [5.41, 5.74) is 0.238. The fraction of sp³-hybridized carbons (Fsp3) is 0.167. The van der Waals surface area contributed by atoms with Crippen molar-refractivity contribution in [3.8, 4) is 17.3 Å². The highest BCUT2D eigenvalue weighted by atomic mass is 16.5. The minimum atomic E-state index is -0.197. The number of rotatable bonds is 3. The lowest BCUT2D eigenvalue weighted by Crippen LogP contribution is -2.04. The van der Waals surface area contributed by atoms with Crippen LogP contribution in [-0.4, -0.2) is 27.2 Å². The fourth-order valence-corrected chi connectivity index (χ4v) is 1.83. The maximum atomic E-state index is 12.2. The number of aromatic nitrogens is 4. The molecule has 0 radical (unpaired) electrons. The first kappa shape index (κ1) is 11.4. The zero-order chi connectivity index (χ0) is 13.2. The Bertz CT molecular complexity index is 764. The molecule has 0 fully saturated rings. The molecule has 0 spiro atoms. The monoisotopic (exact) mass is 258 g/mol. The van der Waals surface area contributed by atoms with E-state index in [4.69, 9.17) is 9.15 Å². The Morgan fingerprint density at radius 2 is 2.32 bits per heavy atom. The molecule has 2 aromatic heterocycles. The van der Waals surface area contributed by atoms with Gasteiger partial charge in [0.2, 0.25) is 5.82 Å². The second kappa shape index (κ2) is 4.52. The summed E-state index contributed by atoms with van der Waals surface area (Å²) in [6, 6.07) is 6.54. The average molecular weight is 258 g/mol. The van der Waals surface area contributed by atoms with Crippen molar-refractivity contribution in [1.29, 1.82) is 0 Å². The summed E-state index contributed by atoms with van der Waals surface area (Å²) in [6.07, 6.45) is 0. The highest BCUT2D eigenvalue weighted by Gasteiger charge is 2.12. The molecule has 0 saturated carbocycles. The van der Waals surface area contributed by atoms with Crippen LogP contribution < -0.4 is 10.2 Å².